The lowest BCUT2D eigenvalue weighted by atomic mass is 9.88. The van der Waals surface area contributed by atoms with Crippen molar-refractivity contribution >= 4 is 6.47 Å². The van der Waals surface area contributed by atoms with Crippen LogP contribution in [0.25, 0.3) is 0 Å². The first kappa shape index (κ1) is 23.0. The summed E-state index contributed by atoms with van der Waals surface area (Å²) in [5.41, 5.74) is 6.43. The van der Waals surface area contributed by atoms with E-state index in [0.29, 0.717) is 11.9 Å². The Balaban J connectivity index is 1.75. The highest BCUT2D eigenvalue weighted by atomic mass is 16.5. The lowest BCUT2D eigenvalue weighted by Gasteiger charge is -2.18. The van der Waals surface area contributed by atoms with Crippen LogP contribution in [0, 0.1) is 19.3 Å². The second-order valence-corrected chi connectivity index (χ2v) is 10.2. The molecule has 0 unspecified atom stereocenters. The Morgan fingerprint density at radius 3 is 2.29 bits per heavy atom. The summed E-state index contributed by atoms with van der Waals surface area (Å²) < 4.78 is 5.26. The SMILES string of the molecule is Cc1ccc(CCCCC2(OC=O)CC2)c(C)c1CCCCCCC(C)(C)C. The molecule has 28 heavy (non-hydrogen) atoms. The first-order valence-corrected chi connectivity index (χ1v) is 11.5. The monoisotopic (exact) mass is 386 g/mol. The van der Waals surface area contributed by atoms with Crippen LogP contribution in [0.3, 0.4) is 0 Å². The maximum Gasteiger partial charge on any atom is 0.293 e. The standard InChI is InChI=1S/C26H42O2/c1-21-14-15-23(12-9-11-17-26(18-19-26)28-20-27)22(2)24(21)13-8-6-7-10-16-25(3,4)5/h14-15,20H,6-13,16-19H2,1-5H3. The minimum Gasteiger partial charge on any atom is -0.461 e. The fourth-order valence-corrected chi connectivity index (χ4v) is 4.34. The number of ether oxygens (including phenoxy) is 1. The quantitative estimate of drug-likeness (QED) is 0.263. The zero-order valence-electron chi connectivity index (χ0n) is 19.0. The Labute approximate surface area is 173 Å². The number of rotatable bonds is 13. The molecule has 0 heterocycles. The third kappa shape index (κ3) is 7.60. The molecule has 0 N–H and O–H groups in total. The van der Waals surface area contributed by atoms with Gasteiger partial charge in [-0.25, -0.2) is 0 Å². The predicted octanol–water partition coefficient (Wildman–Crippen LogP) is 7.26. The first-order valence-electron chi connectivity index (χ1n) is 11.5. The molecule has 0 bridgehead atoms. The molecular formula is C26H42O2. The van der Waals surface area contributed by atoms with Crippen LogP contribution in [0.2, 0.25) is 0 Å². The number of hydrogen-bond acceptors (Lipinski definition) is 2. The zero-order valence-corrected chi connectivity index (χ0v) is 19.0. The van der Waals surface area contributed by atoms with E-state index in [1.807, 2.05) is 0 Å². The lowest BCUT2D eigenvalue weighted by molar-refractivity contribution is -0.135. The van der Waals surface area contributed by atoms with Crippen LogP contribution in [0.15, 0.2) is 12.1 Å². The van der Waals surface area contributed by atoms with Crippen molar-refractivity contribution < 1.29 is 9.53 Å². The van der Waals surface area contributed by atoms with Gasteiger partial charge in [-0.3, -0.25) is 4.79 Å². The third-order valence-corrected chi connectivity index (χ3v) is 6.48. The summed E-state index contributed by atoms with van der Waals surface area (Å²) in [7, 11) is 0. The summed E-state index contributed by atoms with van der Waals surface area (Å²) >= 11 is 0. The minimum atomic E-state index is -0.0950. The molecule has 0 aromatic heterocycles. The van der Waals surface area contributed by atoms with Crippen molar-refractivity contribution in [3.8, 4) is 0 Å². The summed E-state index contributed by atoms with van der Waals surface area (Å²) in [6.07, 6.45) is 14.5. The van der Waals surface area contributed by atoms with Gasteiger partial charge >= 0.3 is 0 Å². The van der Waals surface area contributed by atoms with Crippen LogP contribution < -0.4 is 0 Å². The van der Waals surface area contributed by atoms with Crippen LogP contribution in [-0.4, -0.2) is 12.1 Å². The van der Waals surface area contributed by atoms with Crippen LogP contribution in [0.4, 0.5) is 0 Å². The van der Waals surface area contributed by atoms with Crippen molar-refractivity contribution in [2.75, 3.05) is 0 Å². The van der Waals surface area contributed by atoms with Crippen LogP contribution >= 0.6 is 0 Å². The average molecular weight is 387 g/mol. The van der Waals surface area contributed by atoms with Gasteiger partial charge in [0, 0.05) is 0 Å². The summed E-state index contributed by atoms with van der Waals surface area (Å²) in [5.74, 6) is 0. The zero-order chi connectivity index (χ0) is 20.6. The molecule has 0 saturated heterocycles. The molecule has 0 spiro atoms. The Bertz CT molecular complexity index is 620. The minimum absolute atomic E-state index is 0.0950. The van der Waals surface area contributed by atoms with E-state index < -0.39 is 0 Å². The fourth-order valence-electron chi connectivity index (χ4n) is 4.34. The molecule has 1 aromatic rings. The van der Waals surface area contributed by atoms with E-state index in [9.17, 15) is 4.79 Å². The summed E-state index contributed by atoms with van der Waals surface area (Å²) in [4.78, 5) is 10.6. The summed E-state index contributed by atoms with van der Waals surface area (Å²) in [6, 6.07) is 4.64. The number of benzene rings is 1. The molecule has 2 heteroatoms. The number of carbonyl (C=O) groups is 1. The van der Waals surface area contributed by atoms with Gasteiger partial charge in [-0.15, -0.1) is 0 Å². The van der Waals surface area contributed by atoms with Crippen molar-refractivity contribution in [1.82, 2.24) is 0 Å². The van der Waals surface area contributed by atoms with E-state index in [1.165, 1.54) is 61.6 Å². The van der Waals surface area contributed by atoms with Crippen molar-refractivity contribution in [3.63, 3.8) is 0 Å². The van der Waals surface area contributed by atoms with Crippen molar-refractivity contribution in [3.05, 3.63) is 34.4 Å². The largest absolute Gasteiger partial charge is 0.461 e. The van der Waals surface area contributed by atoms with Gasteiger partial charge in [-0.1, -0.05) is 52.2 Å². The second kappa shape index (κ2) is 10.5. The Kier molecular flexibility index (Phi) is 8.58. The second-order valence-electron chi connectivity index (χ2n) is 10.2. The summed E-state index contributed by atoms with van der Waals surface area (Å²) in [5, 5.41) is 0. The maximum atomic E-state index is 10.6. The van der Waals surface area contributed by atoms with E-state index in [2.05, 4.69) is 46.8 Å². The van der Waals surface area contributed by atoms with Gasteiger partial charge in [0.1, 0.15) is 5.60 Å². The molecule has 1 fully saturated rings. The van der Waals surface area contributed by atoms with Gasteiger partial charge in [0.25, 0.3) is 6.47 Å². The summed E-state index contributed by atoms with van der Waals surface area (Å²) in [6.45, 7) is 12.2. The van der Waals surface area contributed by atoms with Gasteiger partial charge in [0.05, 0.1) is 0 Å². The first-order chi connectivity index (χ1) is 13.3. The van der Waals surface area contributed by atoms with Gasteiger partial charge < -0.3 is 4.74 Å². The number of unbranched alkanes of at least 4 members (excludes halogenated alkanes) is 4. The topological polar surface area (TPSA) is 26.3 Å². The van der Waals surface area contributed by atoms with Crippen LogP contribution in [0.1, 0.15) is 107 Å². The normalized spacial score (nSPS) is 15.5. The Morgan fingerprint density at radius 1 is 0.964 bits per heavy atom. The molecule has 0 radical (unpaired) electrons. The van der Waals surface area contributed by atoms with E-state index in [-0.39, 0.29) is 5.60 Å². The van der Waals surface area contributed by atoms with Crippen LogP contribution in [0.5, 0.6) is 0 Å². The molecule has 0 amide bonds. The van der Waals surface area contributed by atoms with Crippen LogP contribution in [-0.2, 0) is 22.4 Å². The van der Waals surface area contributed by atoms with E-state index in [0.717, 1.165) is 32.1 Å². The lowest BCUT2D eigenvalue weighted by Crippen LogP contribution is -2.12. The van der Waals surface area contributed by atoms with E-state index >= 15 is 0 Å². The highest BCUT2D eigenvalue weighted by Gasteiger charge is 2.44. The molecule has 2 nitrogen and oxygen atoms in total. The number of aryl methyl sites for hydroxylation is 2. The van der Waals surface area contributed by atoms with Crippen molar-refractivity contribution in [2.45, 2.75) is 117 Å². The molecule has 1 saturated carbocycles. The molecule has 0 aliphatic heterocycles. The molecule has 1 aliphatic carbocycles. The smallest absolute Gasteiger partial charge is 0.293 e. The van der Waals surface area contributed by atoms with Gasteiger partial charge in [-0.05, 0) is 99.3 Å². The molecule has 2 rings (SSSR count). The Hall–Kier alpha value is -1.31. The van der Waals surface area contributed by atoms with Gasteiger partial charge in [0.15, 0.2) is 0 Å². The third-order valence-electron chi connectivity index (χ3n) is 6.48. The van der Waals surface area contributed by atoms with Crippen molar-refractivity contribution in [1.29, 1.82) is 0 Å². The van der Waals surface area contributed by atoms with Crippen molar-refractivity contribution in [2.24, 2.45) is 5.41 Å². The molecule has 0 atom stereocenters. The number of hydrogen-bond donors (Lipinski definition) is 0. The van der Waals surface area contributed by atoms with Gasteiger partial charge in [0.2, 0.25) is 0 Å². The average Bonchev–Trinajstić information content (AvgIpc) is 3.38. The highest BCUT2D eigenvalue weighted by Crippen LogP contribution is 2.43. The molecule has 1 aliphatic rings. The Morgan fingerprint density at radius 2 is 1.64 bits per heavy atom. The molecule has 158 valence electrons. The number of carbonyl (C=O) groups excluding carboxylic acids is 1. The van der Waals surface area contributed by atoms with E-state index in [4.69, 9.17) is 4.74 Å². The maximum absolute atomic E-state index is 10.6. The molecule has 1 aromatic carbocycles. The molecular weight excluding hydrogens is 344 g/mol. The highest BCUT2D eigenvalue weighted by molar-refractivity contribution is 5.40. The van der Waals surface area contributed by atoms with Gasteiger partial charge in [-0.2, -0.15) is 0 Å². The predicted molar refractivity (Wildman–Crippen MR) is 119 cm³/mol. The van der Waals surface area contributed by atoms with E-state index in [1.54, 1.807) is 5.56 Å². The fraction of sp³-hybridized carbons (Fsp3) is 0.731.